The monoisotopic (exact) mass is 331 g/mol. The third kappa shape index (κ3) is 4.56. The molecule has 0 fully saturated rings. The average Bonchev–Trinajstić information content (AvgIpc) is 2.55. The van der Waals surface area contributed by atoms with Gasteiger partial charge in [0.15, 0.2) is 0 Å². The molecule has 0 saturated carbocycles. The molecule has 0 saturated heterocycles. The van der Waals surface area contributed by atoms with Crippen LogP contribution in [-0.4, -0.2) is 14.4 Å². The molecule has 0 unspecified atom stereocenters. The van der Waals surface area contributed by atoms with Crippen LogP contribution in [0.3, 0.4) is 0 Å². The molecule has 2 rings (SSSR count). The van der Waals surface area contributed by atoms with E-state index in [0.717, 1.165) is 0 Å². The van der Waals surface area contributed by atoms with E-state index >= 15 is 0 Å². The summed E-state index contributed by atoms with van der Waals surface area (Å²) in [6.45, 7) is -0.180. The Morgan fingerprint density at radius 2 is 1.70 bits per heavy atom. The van der Waals surface area contributed by atoms with Crippen molar-refractivity contribution in [1.29, 1.82) is 5.26 Å². The van der Waals surface area contributed by atoms with Crippen LogP contribution >= 0.6 is 0 Å². The maximum atomic E-state index is 12.2. The molecule has 2 aromatic rings. The summed E-state index contributed by atoms with van der Waals surface area (Å²) in [5.74, 6) is -0.616. The van der Waals surface area contributed by atoms with Crippen LogP contribution in [0, 0.1) is 11.3 Å². The lowest BCUT2D eigenvalue weighted by Crippen LogP contribution is -2.11. The predicted octanol–water partition coefficient (Wildman–Crippen LogP) is 2.41. The maximum Gasteiger partial charge on any atom is 0.339 e. The molecule has 7 heteroatoms. The summed E-state index contributed by atoms with van der Waals surface area (Å²) in [6.07, 6.45) is -0.370. The standard InChI is InChI=1S/C16H13NO5S/c17-11-10-16(18)21-12-13-6-4-5-9-15(13)22-23(19,20)14-7-2-1-3-8-14/h1-9H,10,12H2. The van der Waals surface area contributed by atoms with Gasteiger partial charge >= 0.3 is 16.1 Å². The van der Waals surface area contributed by atoms with Gasteiger partial charge in [-0.15, -0.1) is 0 Å². The Morgan fingerprint density at radius 1 is 1.04 bits per heavy atom. The van der Waals surface area contributed by atoms with Crippen LogP contribution in [-0.2, 0) is 26.3 Å². The van der Waals surface area contributed by atoms with Crippen molar-refractivity contribution in [2.24, 2.45) is 0 Å². The second-order valence-electron chi connectivity index (χ2n) is 4.45. The Balaban J connectivity index is 2.18. The molecule has 0 spiro atoms. The number of para-hydroxylation sites is 1. The number of carbonyl (C=O) groups is 1. The van der Waals surface area contributed by atoms with E-state index < -0.39 is 16.1 Å². The van der Waals surface area contributed by atoms with E-state index in [-0.39, 0.29) is 23.7 Å². The van der Waals surface area contributed by atoms with Crippen LogP contribution in [0.4, 0.5) is 0 Å². The van der Waals surface area contributed by atoms with Gasteiger partial charge < -0.3 is 8.92 Å². The Bertz CT molecular complexity index is 825. The van der Waals surface area contributed by atoms with Gasteiger partial charge in [-0.05, 0) is 18.2 Å². The molecule has 2 aromatic carbocycles. The summed E-state index contributed by atoms with van der Waals surface area (Å²) in [5.41, 5.74) is 0.387. The van der Waals surface area contributed by atoms with Crippen molar-refractivity contribution in [2.45, 2.75) is 17.9 Å². The number of nitriles is 1. The fourth-order valence-electron chi connectivity index (χ4n) is 1.73. The average molecular weight is 331 g/mol. The van der Waals surface area contributed by atoms with E-state index in [9.17, 15) is 13.2 Å². The number of ether oxygens (including phenoxy) is 1. The summed E-state index contributed by atoms with van der Waals surface area (Å²) in [6, 6.07) is 15.7. The molecular weight excluding hydrogens is 318 g/mol. The minimum Gasteiger partial charge on any atom is -0.460 e. The molecule has 0 amide bonds. The lowest BCUT2D eigenvalue weighted by Gasteiger charge is -2.11. The highest BCUT2D eigenvalue weighted by Crippen LogP contribution is 2.23. The maximum absolute atomic E-state index is 12.2. The molecule has 118 valence electrons. The van der Waals surface area contributed by atoms with Gasteiger partial charge in [0.2, 0.25) is 0 Å². The largest absolute Gasteiger partial charge is 0.460 e. The zero-order chi connectivity index (χ0) is 16.7. The van der Waals surface area contributed by atoms with Crippen molar-refractivity contribution in [3.8, 4) is 11.8 Å². The molecule has 0 aliphatic rings. The number of benzene rings is 2. The van der Waals surface area contributed by atoms with Crippen molar-refractivity contribution in [1.82, 2.24) is 0 Å². The first kappa shape index (κ1) is 16.5. The quantitative estimate of drug-likeness (QED) is 0.596. The molecule has 0 atom stereocenters. The summed E-state index contributed by atoms with van der Waals surface area (Å²) in [5, 5.41) is 8.41. The molecule has 0 bridgehead atoms. The molecule has 0 aliphatic heterocycles. The fourth-order valence-corrected chi connectivity index (χ4v) is 2.72. The second kappa shape index (κ2) is 7.42. The third-order valence-corrected chi connectivity index (χ3v) is 4.06. The summed E-state index contributed by atoms with van der Waals surface area (Å²) in [7, 11) is -3.98. The molecule has 0 radical (unpaired) electrons. The number of esters is 1. The van der Waals surface area contributed by atoms with E-state index in [0.29, 0.717) is 5.56 Å². The SMILES string of the molecule is N#CCC(=O)OCc1ccccc1OS(=O)(=O)c1ccccc1. The number of nitrogens with zero attached hydrogens (tertiary/aromatic N) is 1. The molecule has 23 heavy (non-hydrogen) atoms. The first-order valence-corrected chi connectivity index (χ1v) is 8.04. The summed E-state index contributed by atoms with van der Waals surface area (Å²) in [4.78, 5) is 11.3. The highest BCUT2D eigenvalue weighted by atomic mass is 32.2. The van der Waals surface area contributed by atoms with E-state index in [1.54, 1.807) is 42.5 Å². The lowest BCUT2D eigenvalue weighted by atomic mass is 10.2. The fraction of sp³-hybridized carbons (Fsp3) is 0.125. The van der Waals surface area contributed by atoms with Crippen molar-refractivity contribution in [3.63, 3.8) is 0 Å². The van der Waals surface area contributed by atoms with Gasteiger partial charge in [-0.25, -0.2) is 0 Å². The zero-order valence-corrected chi connectivity index (χ0v) is 12.8. The first-order valence-electron chi connectivity index (χ1n) is 6.63. The highest BCUT2D eigenvalue weighted by molar-refractivity contribution is 7.87. The minimum absolute atomic E-state index is 0.0243. The van der Waals surface area contributed by atoms with Gasteiger partial charge in [0, 0.05) is 5.56 Å². The van der Waals surface area contributed by atoms with Crippen molar-refractivity contribution < 1.29 is 22.1 Å². The molecular formula is C16H13NO5S. The first-order chi connectivity index (χ1) is 11.0. The number of rotatable bonds is 6. The van der Waals surface area contributed by atoms with Crippen LogP contribution in [0.5, 0.6) is 5.75 Å². The Morgan fingerprint density at radius 3 is 2.39 bits per heavy atom. The minimum atomic E-state index is -3.98. The summed E-state index contributed by atoms with van der Waals surface area (Å²) < 4.78 is 34.5. The normalized spacial score (nSPS) is 10.6. The van der Waals surface area contributed by atoms with Crippen molar-refractivity contribution in [2.75, 3.05) is 0 Å². The lowest BCUT2D eigenvalue weighted by molar-refractivity contribution is -0.143. The van der Waals surface area contributed by atoms with E-state index in [2.05, 4.69) is 0 Å². The van der Waals surface area contributed by atoms with Gasteiger partial charge in [0.05, 0.1) is 6.07 Å². The smallest absolute Gasteiger partial charge is 0.339 e. The third-order valence-electron chi connectivity index (χ3n) is 2.82. The van der Waals surface area contributed by atoms with E-state index in [4.69, 9.17) is 14.2 Å². The van der Waals surface area contributed by atoms with Crippen molar-refractivity contribution >= 4 is 16.1 Å². The van der Waals surface area contributed by atoms with Gasteiger partial charge in [-0.2, -0.15) is 13.7 Å². The molecule has 0 heterocycles. The Hall–Kier alpha value is -2.85. The van der Waals surface area contributed by atoms with Gasteiger partial charge in [-0.3, -0.25) is 4.79 Å². The van der Waals surface area contributed by atoms with Gasteiger partial charge in [-0.1, -0.05) is 36.4 Å². The van der Waals surface area contributed by atoms with Crippen LogP contribution in [0.1, 0.15) is 12.0 Å². The number of hydrogen-bond donors (Lipinski definition) is 0. The second-order valence-corrected chi connectivity index (χ2v) is 6.00. The Labute approximate surface area is 134 Å². The Kier molecular flexibility index (Phi) is 5.33. The highest BCUT2D eigenvalue weighted by Gasteiger charge is 2.18. The topological polar surface area (TPSA) is 93.5 Å². The van der Waals surface area contributed by atoms with Crippen LogP contribution in [0.2, 0.25) is 0 Å². The molecule has 6 nitrogen and oxygen atoms in total. The van der Waals surface area contributed by atoms with E-state index in [1.165, 1.54) is 18.2 Å². The van der Waals surface area contributed by atoms with Crippen LogP contribution in [0.15, 0.2) is 59.5 Å². The van der Waals surface area contributed by atoms with Crippen molar-refractivity contribution in [3.05, 3.63) is 60.2 Å². The number of hydrogen-bond acceptors (Lipinski definition) is 6. The predicted molar refractivity (Wildman–Crippen MR) is 80.7 cm³/mol. The van der Waals surface area contributed by atoms with Gasteiger partial charge in [0.1, 0.15) is 23.7 Å². The van der Waals surface area contributed by atoms with E-state index in [1.807, 2.05) is 0 Å². The zero-order valence-electron chi connectivity index (χ0n) is 12.0. The van der Waals surface area contributed by atoms with Crippen LogP contribution < -0.4 is 4.18 Å². The molecule has 0 aliphatic carbocycles. The van der Waals surface area contributed by atoms with Crippen LogP contribution in [0.25, 0.3) is 0 Å². The van der Waals surface area contributed by atoms with Gasteiger partial charge in [0.25, 0.3) is 0 Å². The summed E-state index contributed by atoms with van der Waals surface area (Å²) >= 11 is 0. The molecule has 0 aromatic heterocycles. The number of carbonyl (C=O) groups excluding carboxylic acids is 1. The molecule has 0 N–H and O–H groups in total.